The van der Waals surface area contributed by atoms with Crippen LogP contribution in [0.4, 0.5) is 0 Å². The fraction of sp³-hybridized carbons (Fsp3) is 0.148. The summed E-state index contributed by atoms with van der Waals surface area (Å²) in [6.07, 6.45) is -0.622. The van der Waals surface area contributed by atoms with Crippen LogP contribution < -0.4 is 10.1 Å². The topological polar surface area (TPSA) is 38.3 Å². The van der Waals surface area contributed by atoms with Crippen LogP contribution in [0, 0.1) is 6.92 Å². The highest BCUT2D eigenvalue weighted by Crippen LogP contribution is 2.24. The molecule has 4 aromatic rings. The minimum absolute atomic E-state index is 0.155. The van der Waals surface area contributed by atoms with Crippen molar-refractivity contribution in [2.75, 3.05) is 0 Å². The van der Waals surface area contributed by atoms with E-state index in [1.807, 2.05) is 66.7 Å². The maximum absolute atomic E-state index is 13.0. The lowest BCUT2D eigenvalue weighted by molar-refractivity contribution is -0.127. The number of hydrogen-bond donors (Lipinski definition) is 1. The smallest absolute Gasteiger partial charge is 0.261 e. The lowest BCUT2D eigenvalue weighted by Crippen LogP contribution is -2.39. The van der Waals surface area contributed by atoms with Gasteiger partial charge < -0.3 is 10.1 Å². The zero-order valence-electron chi connectivity index (χ0n) is 17.2. The first kappa shape index (κ1) is 19.7. The molecule has 0 saturated heterocycles. The molecule has 0 aliphatic carbocycles. The lowest BCUT2D eigenvalue weighted by atomic mass is 9.97. The number of hydrogen-bond acceptors (Lipinski definition) is 2. The first-order chi connectivity index (χ1) is 14.6. The molecule has 0 fully saturated rings. The van der Waals surface area contributed by atoms with Crippen molar-refractivity contribution in [3.63, 3.8) is 0 Å². The van der Waals surface area contributed by atoms with Crippen LogP contribution in [0.2, 0.25) is 0 Å². The zero-order chi connectivity index (χ0) is 20.9. The average Bonchev–Trinajstić information content (AvgIpc) is 2.78. The van der Waals surface area contributed by atoms with E-state index in [0.29, 0.717) is 5.75 Å². The standard InChI is InChI=1S/C27H25NO2/c1-19-12-14-23(15-13-19)26(22-9-4-3-5-10-22)28-27(29)20(2)30-25-17-16-21-8-6-7-11-24(21)18-25/h3-18,20,26H,1-2H3,(H,28,29)/t20-,26-/m0/s1. The molecule has 0 bridgehead atoms. The van der Waals surface area contributed by atoms with E-state index < -0.39 is 6.10 Å². The molecule has 0 unspecified atom stereocenters. The highest BCUT2D eigenvalue weighted by molar-refractivity contribution is 5.84. The summed E-state index contributed by atoms with van der Waals surface area (Å²) in [5.41, 5.74) is 3.26. The van der Waals surface area contributed by atoms with Gasteiger partial charge in [-0.1, -0.05) is 90.5 Å². The van der Waals surface area contributed by atoms with Crippen molar-refractivity contribution in [2.45, 2.75) is 26.0 Å². The Morgan fingerprint density at radius 2 is 1.40 bits per heavy atom. The Morgan fingerprint density at radius 3 is 2.13 bits per heavy atom. The van der Waals surface area contributed by atoms with E-state index in [1.165, 1.54) is 5.56 Å². The molecule has 0 heterocycles. The van der Waals surface area contributed by atoms with Crippen molar-refractivity contribution < 1.29 is 9.53 Å². The van der Waals surface area contributed by atoms with Gasteiger partial charge in [-0.2, -0.15) is 0 Å². The van der Waals surface area contributed by atoms with E-state index in [4.69, 9.17) is 4.74 Å². The second-order valence-electron chi connectivity index (χ2n) is 7.53. The van der Waals surface area contributed by atoms with E-state index >= 15 is 0 Å². The van der Waals surface area contributed by atoms with Crippen molar-refractivity contribution >= 4 is 16.7 Å². The van der Waals surface area contributed by atoms with Gasteiger partial charge in [-0.25, -0.2) is 0 Å². The van der Waals surface area contributed by atoms with Crippen molar-refractivity contribution in [1.82, 2.24) is 5.32 Å². The van der Waals surface area contributed by atoms with Crippen molar-refractivity contribution in [1.29, 1.82) is 0 Å². The Labute approximate surface area is 177 Å². The number of carbonyl (C=O) groups is 1. The number of benzene rings is 4. The summed E-state index contributed by atoms with van der Waals surface area (Å²) in [6.45, 7) is 3.83. The highest BCUT2D eigenvalue weighted by atomic mass is 16.5. The normalized spacial score (nSPS) is 12.9. The monoisotopic (exact) mass is 395 g/mol. The molecule has 3 nitrogen and oxygen atoms in total. The number of amides is 1. The fourth-order valence-electron chi connectivity index (χ4n) is 3.52. The van der Waals surface area contributed by atoms with Crippen LogP contribution in [0.25, 0.3) is 10.8 Å². The lowest BCUT2D eigenvalue weighted by Gasteiger charge is -2.23. The summed E-state index contributed by atoms with van der Waals surface area (Å²) in [5, 5.41) is 5.39. The molecular formula is C27H25NO2. The molecule has 0 aromatic heterocycles. The van der Waals surface area contributed by atoms with Crippen LogP contribution in [0.3, 0.4) is 0 Å². The van der Waals surface area contributed by atoms with E-state index in [9.17, 15) is 4.79 Å². The number of ether oxygens (including phenoxy) is 1. The van der Waals surface area contributed by atoms with Crippen LogP contribution in [0.1, 0.15) is 29.7 Å². The van der Waals surface area contributed by atoms with Gasteiger partial charge in [-0.3, -0.25) is 4.79 Å². The van der Waals surface area contributed by atoms with Gasteiger partial charge in [0.25, 0.3) is 5.91 Å². The molecule has 30 heavy (non-hydrogen) atoms. The summed E-state index contributed by atoms with van der Waals surface area (Å²) in [5.74, 6) is 0.528. The van der Waals surface area contributed by atoms with Crippen LogP contribution in [0.5, 0.6) is 5.75 Å². The number of fused-ring (bicyclic) bond motifs is 1. The Hall–Kier alpha value is -3.59. The van der Waals surface area contributed by atoms with Crippen LogP contribution >= 0.6 is 0 Å². The Kier molecular flexibility index (Phi) is 5.80. The summed E-state index contributed by atoms with van der Waals surface area (Å²) in [6, 6.07) is 32.0. The summed E-state index contributed by atoms with van der Waals surface area (Å²) in [4.78, 5) is 13.0. The number of rotatable bonds is 6. The summed E-state index contributed by atoms with van der Waals surface area (Å²) >= 11 is 0. The van der Waals surface area contributed by atoms with Crippen molar-refractivity contribution in [3.8, 4) is 5.75 Å². The number of aryl methyl sites for hydroxylation is 1. The van der Waals surface area contributed by atoms with Gasteiger partial charge in [0.1, 0.15) is 5.75 Å². The molecule has 0 radical (unpaired) electrons. The fourth-order valence-corrected chi connectivity index (χ4v) is 3.52. The first-order valence-corrected chi connectivity index (χ1v) is 10.2. The molecule has 0 aliphatic heterocycles. The summed E-state index contributed by atoms with van der Waals surface area (Å²) in [7, 11) is 0. The zero-order valence-corrected chi connectivity index (χ0v) is 17.2. The van der Waals surface area contributed by atoms with Crippen LogP contribution in [-0.2, 0) is 4.79 Å². The molecule has 0 aliphatic rings. The Balaban J connectivity index is 1.53. The maximum atomic E-state index is 13.0. The van der Waals surface area contributed by atoms with Gasteiger partial charge in [0, 0.05) is 0 Å². The third kappa shape index (κ3) is 4.52. The molecule has 1 N–H and O–H groups in total. The van der Waals surface area contributed by atoms with Gasteiger partial charge in [0.15, 0.2) is 6.10 Å². The summed E-state index contributed by atoms with van der Waals surface area (Å²) < 4.78 is 5.96. The predicted molar refractivity (Wildman–Crippen MR) is 122 cm³/mol. The molecular weight excluding hydrogens is 370 g/mol. The molecule has 150 valence electrons. The van der Waals surface area contributed by atoms with E-state index in [2.05, 4.69) is 42.6 Å². The molecule has 4 aromatic carbocycles. The average molecular weight is 396 g/mol. The minimum Gasteiger partial charge on any atom is -0.481 e. The van der Waals surface area contributed by atoms with Gasteiger partial charge in [-0.15, -0.1) is 0 Å². The number of nitrogens with one attached hydrogen (secondary N) is 1. The number of carbonyl (C=O) groups excluding carboxylic acids is 1. The Morgan fingerprint density at radius 1 is 0.767 bits per heavy atom. The minimum atomic E-state index is -0.622. The molecule has 3 heteroatoms. The van der Waals surface area contributed by atoms with Gasteiger partial charge >= 0.3 is 0 Å². The quantitative estimate of drug-likeness (QED) is 0.447. The van der Waals surface area contributed by atoms with E-state index in [-0.39, 0.29) is 11.9 Å². The SMILES string of the molecule is Cc1ccc([C@@H](NC(=O)[C@H](C)Oc2ccc3ccccc3c2)c2ccccc2)cc1. The van der Waals surface area contributed by atoms with Gasteiger partial charge in [0.2, 0.25) is 0 Å². The van der Waals surface area contributed by atoms with Crippen LogP contribution in [-0.4, -0.2) is 12.0 Å². The van der Waals surface area contributed by atoms with Gasteiger partial charge in [0.05, 0.1) is 6.04 Å². The highest BCUT2D eigenvalue weighted by Gasteiger charge is 2.21. The third-order valence-electron chi connectivity index (χ3n) is 5.23. The maximum Gasteiger partial charge on any atom is 0.261 e. The molecule has 0 saturated carbocycles. The second kappa shape index (κ2) is 8.83. The van der Waals surface area contributed by atoms with E-state index in [0.717, 1.165) is 21.9 Å². The second-order valence-corrected chi connectivity index (χ2v) is 7.53. The van der Waals surface area contributed by atoms with Crippen molar-refractivity contribution in [2.24, 2.45) is 0 Å². The predicted octanol–water partition coefficient (Wildman–Crippen LogP) is 5.82. The van der Waals surface area contributed by atoms with Crippen molar-refractivity contribution in [3.05, 3.63) is 114 Å². The Bertz CT molecular complexity index is 1140. The van der Waals surface area contributed by atoms with Crippen LogP contribution in [0.15, 0.2) is 97.1 Å². The third-order valence-corrected chi connectivity index (χ3v) is 5.23. The first-order valence-electron chi connectivity index (χ1n) is 10.2. The molecule has 2 atom stereocenters. The molecule has 4 rings (SSSR count). The largest absolute Gasteiger partial charge is 0.481 e. The van der Waals surface area contributed by atoms with E-state index in [1.54, 1.807) is 6.92 Å². The molecule has 1 amide bonds. The molecule has 0 spiro atoms. The van der Waals surface area contributed by atoms with Gasteiger partial charge in [-0.05, 0) is 47.9 Å².